The van der Waals surface area contributed by atoms with Crippen molar-refractivity contribution in [2.45, 2.75) is 32.6 Å². The van der Waals surface area contributed by atoms with E-state index in [9.17, 15) is 14.4 Å². The molecule has 5 nitrogen and oxygen atoms in total. The van der Waals surface area contributed by atoms with Gasteiger partial charge < -0.3 is 5.32 Å². The van der Waals surface area contributed by atoms with Crippen LogP contribution in [0.2, 0.25) is 10.0 Å². The van der Waals surface area contributed by atoms with Gasteiger partial charge in [-0.1, -0.05) is 49.4 Å². The third kappa shape index (κ3) is 4.03. The minimum atomic E-state index is -0.523. The van der Waals surface area contributed by atoms with E-state index in [4.69, 9.17) is 23.2 Å². The van der Waals surface area contributed by atoms with E-state index in [0.717, 1.165) is 30.6 Å². The van der Waals surface area contributed by atoms with Gasteiger partial charge in [0.2, 0.25) is 5.91 Å². The zero-order chi connectivity index (χ0) is 17.0. The number of fused-ring (bicyclic) bond motifs is 1. The quantitative estimate of drug-likeness (QED) is 0.602. The fourth-order valence-electron chi connectivity index (χ4n) is 2.41. The lowest BCUT2D eigenvalue weighted by Gasteiger charge is -2.13. The number of hydrogen-bond donors (Lipinski definition) is 1. The molecule has 0 radical (unpaired) electrons. The van der Waals surface area contributed by atoms with Crippen LogP contribution in [0.25, 0.3) is 0 Å². The predicted molar refractivity (Wildman–Crippen MR) is 89.0 cm³/mol. The summed E-state index contributed by atoms with van der Waals surface area (Å²) in [5.41, 5.74) is 0.361. The highest BCUT2D eigenvalue weighted by atomic mass is 35.5. The Morgan fingerprint density at radius 2 is 1.61 bits per heavy atom. The topological polar surface area (TPSA) is 66.5 Å². The second-order valence-electron chi connectivity index (χ2n) is 5.42. The number of carbonyl (C=O) groups excluding carboxylic acids is 3. The van der Waals surface area contributed by atoms with Crippen LogP contribution in [0.5, 0.6) is 0 Å². The first kappa shape index (κ1) is 17.8. The highest BCUT2D eigenvalue weighted by Gasteiger charge is 2.37. The minimum absolute atomic E-state index is 0.181. The second kappa shape index (κ2) is 7.79. The molecule has 0 aromatic heterocycles. The number of halogens is 2. The average molecular weight is 357 g/mol. The molecule has 0 saturated heterocycles. The van der Waals surface area contributed by atoms with Crippen molar-refractivity contribution in [2.75, 3.05) is 13.1 Å². The molecule has 2 rings (SSSR count). The minimum Gasteiger partial charge on any atom is -0.355 e. The lowest BCUT2D eigenvalue weighted by atomic mass is 10.1. The molecule has 1 aliphatic heterocycles. The molecule has 124 valence electrons. The number of hydrogen-bond acceptors (Lipinski definition) is 3. The zero-order valence-electron chi connectivity index (χ0n) is 12.8. The SMILES string of the molecule is CCCCCCNC(=O)CN1C(=O)c2cc(Cl)c(Cl)cc2C1=O. The summed E-state index contributed by atoms with van der Waals surface area (Å²) in [6, 6.07) is 2.73. The Hall–Kier alpha value is -1.59. The van der Waals surface area contributed by atoms with Gasteiger partial charge in [0.25, 0.3) is 11.8 Å². The Morgan fingerprint density at radius 1 is 1.04 bits per heavy atom. The van der Waals surface area contributed by atoms with Gasteiger partial charge in [0.05, 0.1) is 21.2 Å². The maximum atomic E-state index is 12.2. The summed E-state index contributed by atoms with van der Waals surface area (Å²) in [5, 5.41) is 3.13. The average Bonchev–Trinajstić information content (AvgIpc) is 2.73. The van der Waals surface area contributed by atoms with E-state index in [1.165, 1.54) is 12.1 Å². The maximum Gasteiger partial charge on any atom is 0.262 e. The number of amides is 3. The van der Waals surface area contributed by atoms with Crippen LogP contribution in [0, 0.1) is 0 Å². The van der Waals surface area contributed by atoms with E-state index in [0.29, 0.717) is 6.54 Å². The monoisotopic (exact) mass is 356 g/mol. The lowest BCUT2D eigenvalue weighted by molar-refractivity contribution is -0.121. The van der Waals surface area contributed by atoms with E-state index in [-0.39, 0.29) is 33.6 Å². The summed E-state index contributed by atoms with van der Waals surface area (Å²) in [5.74, 6) is -1.40. The molecule has 1 aromatic carbocycles. The fraction of sp³-hybridized carbons (Fsp3) is 0.438. The van der Waals surface area contributed by atoms with Crippen LogP contribution in [0.1, 0.15) is 53.3 Å². The van der Waals surface area contributed by atoms with Gasteiger partial charge in [0.15, 0.2) is 0 Å². The molecular formula is C16H18Cl2N2O3. The summed E-state index contributed by atoms with van der Waals surface area (Å²) in [6.45, 7) is 2.36. The first-order valence-electron chi connectivity index (χ1n) is 7.57. The molecular weight excluding hydrogens is 339 g/mol. The van der Waals surface area contributed by atoms with Crippen molar-refractivity contribution >= 4 is 40.9 Å². The van der Waals surface area contributed by atoms with Gasteiger partial charge in [-0.3, -0.25) is 19.3 Å². The smallest absolute Gasteiger partial charge is 0.262 e. The van der Waals surface area contributed by atoms with Crippen molar-refractivity contribution in [3.05, 3.63) is 33.3 Å². The van der Waals surface area contributed by atoms with Crippen LogP contribution in [-0.2, 0) is 4.79 Å². The molecule has 0 bridgehead atoms. The second-order valence-corrected chi connectivity index (χ2v) is 6.23. The number of carbonyl (C=O) groups is 3. The van der Waals surface area contributed by atoms with Crippen LogP contribution >= 0.6 is 23.2 Å². The molecule has 1 heterocycles. The van der Waals surface area contributed by atoms with Crippen molar-refractivity contribution in [3.63, 3.8) is 0 Å². The van der Waals surface area contributed by atoms with Crippen molar-refractivity contribution in [1.82, 2.24) is 10.2 Å². The van der Waals surface area contributed by atoms with Gasteiger partial charge in [0, 0.05) is 6.54 Å². The van der Waals surface area contributed by atoms with Gasteiger partial charge in [-0.15, -0.1) is 0 Å². The number of nitrogens with one attached hydrogen (secondary N) is 1. The van der Waals surface area contributed by atoms with Crippen molar-refractivity contribution < 1.29 is 14.4 Å². The van der Waals surface area contributed by atoms with Crippen molar-refractivity contribution in [2.24, 2.45) is 0 Å². The molecule has 0 unspecified atom stereocenters. The number of nitrogens with zero attached hydrogens (tertiary/aromatic N) is 1. The Kier molecular flexibility index (Phi) is 6.02. The summed E-state index contributed by atoms with van der Waals surface area (Å²) in [4.78, 5) is 37.3. The molecule has 0 fully saturated rings. The molecule has 0 spiro atoms. The molecule has 0 aliphatic carbocycles. The molecule has 1 aromatic rings. The number of imide groups is 1. The largest absolute Gasteiger partial charge is 0.355 e. The summed E-state index contributed by atoms with van der Waals surface area (Å²) >= 11 is 11.8. The Balaban J connectivity index is 1.96. The normalized spacial score (nSPS) is 13.4. The maximum absolute atomic E-state index is 12.2. The Bertz CT molecular complexity index is 605. The van der Waals surface area contributed by atoms with E-state index in [1.807, 2.05) is 0 Å². The van der Waals surface area contributed by atoms with Gasteiger partial charge in [-0.05, 0) is 18.6 Å². The van der Waals surface area contributed by atoms with E-state index in [2.05, 4.69) is 12.2 Å². The van der Waals surface area contributed by atoms with E-state index in [1.54, 1.807) is 0 Å². The van der Waals surface area contributed by atoms with Crippen LogP contribution in [-0.4, -0.2) is 35.7 Å². The van der Waals surface area contributed by atoms with Gasteiger partial charge in [0.1, 0.15) is 6.54 Å². The van der Waals surface area contributed by atoms with E-state index < -0.39 is 11.8 Å². The number of benzene rings is 1. The van der Waals surface area contributed by atoms with Gasteiger partial charge in [-0.2, -0.15) is 0 Å². The third-order valence-electron chi connectivity index (χ3n) is 3.67. The lowest BCUT2D eigenvalue weighted by Crippen LogP contribution is -2.40. The molecule has 7 heteroatoms. The molecule has 0 saturated carbocycles. The van der Waals surface area contributed by atoms with Crippen LogP contribution < -0.4 is 5.32 Å². The zero-order valence-corrected chi connectivity index (χ0v) is 14.3. The molecule has 0 atom stereocenters. The highest BCUT2D eigenvalue weighted by Crippen LogP contribution is 2.31. The van der Waals surface area contributed by atoms with Crippen molar-refractivity contribution in [3.8, 4) is 0 Å². The van der Waals surface area contributed by atoms with Crippen LogP contribution in [0.4, 0.5) is 0 Å². The molecule has 23 heavy (non-hydrogen) atoms. The predicted octanol–water partition coefficient (Wildman–Crippen LogP) is 3.29. The molecule has 1 N–H and O–H groups in total. The first-order valence-corrected chi connectivity index (χ1v) is 8.33. The number of rotatable bonds is 7. The Labute approximate surface area is 144 Å². The number of unbranched alkanes of at least 4 members (excludes halogenated alkanes) is 3. The highest BCUT2D eigenvalue weighted by molar-refractivity contribution is 6.43. The fourth-order valence-corrected chi connectivity index (χ4v) is 2.73. The van der Waals surface area contributed by atoms with Crippen molar-refractivity contribution in [1.29, 1.82) is 0 Å². The first-order chi connectivity index (χ1) is 11.0. The standard InChI is InChI=1S/C16H18Cl2N2O3/c1-2-3-4-5-6-19-14(21)9-20-15(22)10-7-12(17)13(18)8-11(10)16(20)23/h7-8H,2-6,9H2,1H3,(H,19,21). The summed E-state index contributed by atoms with van der Waals surface area (Å²) < 4.78 is 0. The van der Waals surface area contributed by atoms with E-state index >= 15 is 0 Å². The Morgan fingerprint density at radius 3 is 2.13 bits per heavy atom. The molecule has 3 amide bonds. The summed E-state index contributed by atoms with van der Waals surface area (Å²) in [7, 11) is 0. The third-order valence-corrected chi connectivity index (χ3v) is 4.39. The van der Waals surface area contributed by atoms with Crippen LogP contribution in [0.3, 0.4) is 0 Å². The van der Waals surface area contributed by atoms with Crippen LogP contribution in [0.15, 0.2) is 12.1 Å². The van der Waals surface area contributed by atoms with Gasteiger partial charge in [-0.25, -0.2) is 0 Å². The molecule has 1 aliphatic rings. The van der Waals surface area contributed by atoms with Gasteiger partial charge >= 0.3 is 0 Å². The summed E-state index contributed by atoms with van der Waals surface area (Å²) in [6.07, 6.45) is 4.16.